The van der Waals surface area contributed by atoms with E-state index in [0.717, 1.165) is 12.2 Å². The van der Waals surface area contributed by atoms with Gasteiger partial charge in [-0.05, 0) is 25.1 Å². The molecule has 2 aromatic rings. The number of hydrogen-bond donors (Lipinski definition) is 1. The molecule has 0 saturated heterocycles. The Labute approximate surface area is 113 Å². The van der Waals surface area contributed by atoms with E-state index in [1.54, 1.807) is 19.1 Å². The number of aromatic nitrogens is 2. The fourth-order valence-corrected chi connectivity index (χ4v) is 1.69. The Morgan fingerprint density at radius 2 is 2.10 bits per heavy atom. The molecule has 0 bridgehead atoms. The Bertz CT molecular complexity index is 750. The molecule has 0 aliphatic carbocycles. The zero-order valence-corrected chi connectivity index (χ0v) is 10.6. The van der Waals surface area contributed by atoms with Crippen molar-refractivity contribution in [1.82, 2.24) is 9.78 Å². The van der Waals surface area contributed by atoms with E-state index in [1.807, 2.05) is 0 Å². The third-order valence-corrected chi connectivity index (χ3v) is 2.60. The molecule has 2 rings (SSSR count). The largest absolute Gasteiger partial charge is 0.478 e. The Morgan fingerprint density at radius 1 is 1.40 bits per heavy atom. The number of carbonyl (C=O) groups is 1. The van der Waals surface area contributed by atoms with Crippen LogP contribution in [0.5, 0.6) is 0 Å². The van der Waals surface area contributed by atoms with Crippen LogP contribution in [0.2, 0.25) is 0 Å². The summed E-state index contributed by atoms with van der Waals surface area (Å²) in [5.41, 5.74) is 0.149. The summed E-state index contributed by atoms with van der Waals surface area (Å²) in [7, 11) is 0. The molecular weight excluding hydrogens is 263 g/mol. The van der Waals surface area contributed by atoms with Gasteiger partial charge in [-0.15, -0.1) is 0 Å². The molecule has 0 radical (unpaired) electrons. The van der Waals surface area contributed by atoms with E-state index in [0.29, 0.717) is 5.69 Å². The first-order valence-corrected chi connectivity index (χ1v) is 5.76. The molecule has 0 aliphatic heterocycles. The van der Waals surface area contributed by atoms with Crippen molar-refractivity contribution in [3.05, 3.63) is 63.8 Å². The van der Waals surface area contributed by atoms with E-state index < -0.39 is 17.2 Å². The van der Waals surface area contributed by atoms with Gasteiger partial charge in [0.05, 0.1) is 0 Å². The van der Waals surface area contributed by atoms with Gasteiger partial charge in [0, 0.05) is 17.8 Å². The van der Waals surface area contributed by atoms with Gasteiger partial charge in [-0.3, -0.25) is 4.79 Å². The second-order valence-electron chi connectivity index (χ2n) is 4.07. The Morgan fingerprint density at radius 3 is 2.75 bits per heavy atom. The Hall–Kier alpha value is -2.76. The summed E-state index contributed by atoms with van der Waals surface area (Å²) >= 11 is 0. The van der Waals surface area contributed by atoms with Crippen LogP contribution in [0.15, 0.2) is 41.2 Å². The number of hydrogen-bond acceptors (Lipinski definition) is 3. The van der Waals surface area contributed by atoms with Crippen molar-refractivity contribution in [1.29, 1.82) is 0 Å². The summed E-state index contributed by atoms with van der Waals surface area (Å²) in [6.45, 7) is 1.62. The van der Waals surface area contributed by atoms with Crippen LogP contribution in [0.1, 0.15) is 11.4 Å². The Balaban J connectivity index is 2.61. The van der Waals surface area contributed by atoms with Gasteiger partial charge < -0.3 is 5.11 Å². The van der Waals surface area contributed by atoms with Crippen LogP contribution < -0.4 is 5.43 Å². The standard InChI is InChI=1S/C14H11FN2O3/c1-9-8-13(18)11(6-7-14(19)20)16-17(9)12-5-3-2-4-10(12)15/h2-8H,1H3,(H,19,20)/b7-6+. The maximum absolute atomic E-state index is 13.8. The molecule has 20 heavy (non-hydrogen) atoms. The quantitative estimate of drug-likeness (QED) is 0.866. The maximum atomic E-state index is 13.8. The molecular formula is C14H11FN2O3. The Kier molecular flexibility index (Phi) is 3.74. The topological polar surface area (TPSA) is 72.2 Å². The molecule has 102 valence electrons. The molecule has 0 aliphatic rings. The minimum atomic E-state index is -1.19. The zero-order chi connectivity index (χ0) is 14.7. The summed E-state index contributed by atoms with van der Waals surface area (Å²) in [6, 6.07) is 7.26. The van der Waals surface area contributed by atoms with Crippen LogP contribution in [0.4, 0.5) is 4.39 Å². The van der Waals surface area contributed by atoms with Crippen LogP contribution in [-0.4, -0.2) is 20.9 Å². The highest BCUT2D eigenvalue weighted by atomic mass is 19.1. The second-order valence-corrected chi connectivity index (χ2v) is 4.07. The number of aryl methyl sites for hydroxylation is 1. The highest BCUT2D eigenvalue weighted by Crippen LogP contribution is 2.13. The van der Waals surface area contributed by atoms with E-state index in [9.17, 15) is 14.0 Å². The summed E-state index contributed by atoms with van der Waals surface area (Å²) in [5, 5.41) is 12.6. The van der Waals surface area contributed by atoms with Crippen molar-refractivity contribution in [3.8, 4) is 5.69 Å². The van der Waals surface area contributed by atoms with Gasteiger partial charge in [-0.1, -0.05) is 12.1 Å². The number of halogens is 1. The van der Waals surface area contributed by atoms with Crippen molar-refractivity contribution in [3.63, 3.8) is 0 Å². The van der Waals surface area contributed by atoms with Gasteiger partial charge in [-0.25, -0.2) is 13.9 Å². The summed E-state index contributed by atoms with van der Waals surface area (Å²) in [6.07, 6.45) is 1.90. The predicted molar refractivity (Wildman–Crippen MR) is 71.2 cm³/mol. The van der Waals surface area contributed by atoms with Crippen molar-refractivity contribution in [2.24, 2.45) is 0 Å². The van der Waals surface area contributed by atoms with E-state index in [1.165, 1.54) is 22.9 Å². The molecule has 0 spiro atoms. The van der Waals surface area contributed by atoms with Gasteiger partial charge in [0.1, 0.15) is 17.2 Å². The lowest BCUT2D eigenvalue weighted by atomic mass is 10.2. The molecule has 6 heteroatoms. The van der Waals surface area contributed by atoms with Crippen LogP contribution in [-0.2, 0) is 4.79 Å². The van der Waals surface area contributed by atoms with Crippen molar-refractivity contribution < 1.29 is 14.3 Å². The lowest BCUT2D eigenvalue weighted by Gasteiger charge is -2.10. The molecule has 0 saturated carbocycles. The zero-order valence-electron chi connectivity index (χ0n) is 10.6. The number of carboxylic acids is 1. The molecule has 0 unspecified atom stereocenters. The normalized spacial score (nSPS) is 10.9. The number of rotatable bonds is 3. The first kappa shape index (κ1) is 13.7. The molecule has 0 fully saturated rings. The van der Waals surface area contributed by atoms with E-state index in [4.69, 9.17) is 5.11 Å². The van der Waals surface area contributed by atoms with Gasteiger partial charge in [-0.2, -0.15) is 5.10 Å². The first-order valence-electron chi connectivity index (χ1n) is 5.76. The number of carboxylic acid groups (broad SMARTS) is 1. The van der Waals surface area contributed by atoms with Gasteiger partial charge in [0.15, 0.2) is 0 Å². The fraction of sp³-hybridized carbons (Fsp3) is 0.0714. The minimum Gasteiger partial charge on any atom is -0.478 e. The average Bonchev–Trinajstić information content (AvgIpc) is 2.39. The summed E-state index contributed by atoms with van der Waals surface area (Å²) in [4.78, 5) is 22.2. The molecule has 0 amide bonds. The highest BCUT2D eigenvalue weighted by molar-refractivity contribution is 5.84. The van der Waals surface area contributed by atoms with E-state index >= 15 is 0 Å². The number of aliphatic carboxylic acids is 1. The lowest BCUT2D eigenvalue weighted by Crippen LogP contribution is -2.17. The third kappa shape index (κ3) is 2.80. The predicted octanol–water partition coefficient (Wildman–Crippen LogP) is 1.78. The number of para-hydroxylation sites is 1. The highest BCUT2D eigenvalue weighted by Gasteiger charge is 2.09. The monoisotopic (exact) mass is 274 g/mol. The molecule has 1 heterocycles. The van der Waals surface area contributed by atoms with Crippen LogP contribution >= 0.6 is 0 Å². The molecule has 5 nitrogen and oxygen atoms in total. The van der Waals surface area contributed by atoms with Crippen LogP contribution in [0.3, 0.4) is 0 Å². The van der Waals surface area contributed by atoms with E-state index in [-0.39, 0.29) is 11.4 Å². The smallest absolute Gasteiger partial charge is 0.328 e. The molecule has 1 N–H and O–H groups in total. The van der Waals surface area contributed by atoms with Crippen molar-refractivity contribution in [2.45, 2.75) is 6.92 Å². The maximum Gasteiger partial charge on any atom is 0.328 e. The van der Waals surface area contributed by atoms with E-state index in [2.05, 4.69) is 5.10 Å². The van der Waals surface area contributed by atoms with Gasteiger partial charge in [0.25, 0.3) is 0 Å². The molecule has 1 aromatic heterocycles. The SMILES string of the molecule is Cc1cc(=O)c(/C=C/C(=O)O)nn1-c1ccccc1F. The van der Waals surface area contributed by atoms with Crippen LogP contribution in [0.25, 0.3) is 11.8 Å². The number of benzene rings is 1. The summed E-state index contributed by atoms with van der Waals surface area (Å²) in [5.74, 6) is -1.68. The molecule has 1 aromatic carbocycles. The number of nitrogens with zero attached hydrogens (tertiary/aromatic N) is 2. The first-order chi connectivity index (χ1) is 9.49. The summed E-state index contributed by atoms with van der Waals surface area (Å²) < 4.78 is 15.0. The molecule has 0 atom stereocenters. The minimum absolute atomic E-state index is 0.0683. The van der Waals surface area contributed by atoms with Crippen molar-refractivity contribution in [2.75, 3.05) is 0 Å². The fourth-order valence-electron chi connectivity index (χ4n) is 1.69. The lowest BCUT2D eigenvalue weighted by molar-refractivity contribution is -0.131. The third-order valence-electron chi connectivity index (χ3n) is 2.60. The second kappa shape index (κ2) is 5.48. The van der Waals surface area contributed by atoms with Crippen LogP contribution in [0, 0.1) is 12.7 Å². The van der Waals surface area contributed by atoms with Gasteiger partial charge in [0.2, 0.25) is 5.43 Å². The van der Waals surface area contributed by atoms with Crippen molar-refractivity contribution >= 4 is 12.0 Å². The van der Waals surface area contributed by atoms with Gasteiger partial charge >= 0.3 is 5.97 Å². The average molecular weight is 274 g/mol.